The van der Waals surface area contributed by atoms with E-state index in [2.05, 4.69) is 16.0 Å². The van der Waals surface area contributed by atoms with Crippen molar-refractivity contribution >= 4 is 29.6 Å². The molecule has 4 amide bonds. The third kappa shape index (κ3) is 7.89. The lowest BCUT2D eigenvalue weighted by molar-refractivity contribution is -0.147. The molecule has 0 radical (unpaired) electrons. The zero-order valence-electron chi connectivity index (χ0n) is 23.7. The molecule has 1 unspecified atom stereocenters. The molecule has 8 nitrogen and oxygen atoms in total. The fraction of sp³-hybridized carbons (Fsp3) is 0.344. The zero-order valence-corrected chi connectivity index (χ0v) is 24.5. The van der Waals surface area contributed by atoms with E-state index in [1.54, 1.807) is 0 Å². The van der Waals surface area contributed by atoms with Crippen LogP contribution in [0.5, 0.6) is 0 Å². The average molecular weight is 575 g/mol. The summed E-state index contributed by atoms with van der Waals surface area (Å²) in [6, 6.07) is 24.5. The molecule has 1 saturated heterocycles. The largest absolute Gasteiger partial charge is 0.381 e. The van der Waals surface area contributed by atoms with E-state index < -0.39 is 34.9 Å². The molecule has 9 heteroatoms. The molecule has 0 saturated carbocycles. The number of nitrogens with one attached hydrogen (secondary N) is 3. The van der Waals surface area contributed by atoms with Crippen LogP contribution in [-0.4, -0.2) is 56.7 Å². The van der Waals surface area contributed by atoms with Gasteiger partial charge in [0.05, 0.1) is 11.9 Å². The number of hydrogen-bond acceptors (Lipinski definition) is 5. The highest BCUT2D eigenvalue weighted by atomic mass is 32.2. The SMILES string of the molecule is Cc1ccccc1CNC(=O)C1N(C(=O)[C@@H](O)[C@H](Cc2ccccc2)NC(=O)NCc2ccccc2)CSC1(C)C. The zero-order chi connectivity index (χ0) is 29.4. The maximum absolute atomic E-state index is 13.8. The number of amides is 4. The number of hydrogen-bond donors (Lipinski definition) is 4. The van der Waals surface area contributed by atoms with Gasteiger partial charge in [-0.3, -0.25) is 9.59 Å². The summed E-state index contributed by atoms with van der Waals surface area (Å²) in [5.41, 5.74) is 3.85. The van der Waals surface area contributed by atoms with Crippen LogP contribution in [0.2, 0.25) is 0 Å². The van der Waals surface area contributed by atoms with E-state index in [0.29, 0.717) is 13.1 Å². The van der Waals surface area contributed by atoms with E-state index in [9.17, 15) is 19.5 Å². The lowest BCUT2D eigenvalue weighted by Gasteiger charge is -2.33. The molecule has 0 aromatic heterocycles. The molecule has 1 aliphatic heterocycles. The van der Waals surface area contributed by atoms with Crippen LogP contribution >= 0.6 is 11.8 Å². The molecular weight excluding hydrogens is 536 g/mol. The Kier molecular flexibility index (Phi) is 10.1. The van der Waals surface area contributed by atoms with Crippen LogP contribution in [0.25, 0.3) is 0 Å². The van der Waals surface area contributed by atoms with Gasteiger partial charge in [-0.1, -0.05) is 84.9 Å². The summed E-state index contributed by atoms with van der Waals surface area (Å²) in [6.45, 7) is 6.47. The first-order chi connectivity index (χ1) is 19.7. The van der Waals surface area contributed by atoms with Gasteiger partial charge in [0.15, 0.2) is 6.10 Å². The molecule has 0 spiro atoms. The average Bonchev–Trinajstić information content (AvgIpc) is 3.30. The van der Waals surface area contributed by atoms with Crippen molar-refractivity contribution in [2.24, 2.45) is 0 Å². The van der Waals surface area contributed by atoms with Crippen LogP contribution in [0.3, 0.4) is 0 Å². The number of aliphatic hydroxyl groups is 1. The minimum Gasteiger partial charge on any atom is -0.381 e. The van der Waals surface area contributed by atoms with Gasteiger partial charge in [-0.25, -0.2) is 4.79 Å². The molecule has 3 atom stereocenters. The van der Waals surface area contributed by atoms with Crippen molar-refractivity contribution in [1.82, 2.24) is 20.9 Å². The van der Waals surface area contributed by atoms with Gasteiger partial charge in [0.25, 0.3) is 5.91 Å². The maximum Gasteiger partial charge on any atom is 0.315 e. The van der Waals surface area contributed by atoms with Crippen molar-refractivity contribution < 1.29 is 19.5 Å². The molecule has 0 aliphatic carbocycles. The van der Waals surface area contributed by atoms with Gasteiger partial charge in [0, 0.05) is 17.8 Å². The van der Waals surface area contributed by atoms with E-state index in [-0.39, 0.29) is 18.2 Å². The van der Waals surface area contributed by atoms with Gasteiger partial charge >= 0.3 is 6.03 Å². The predicted octanol–water partition coefficient (Wildman–Crippen LogP) is 3.76. The Bertz CT molecular complexity index is 1340. The van der Waals surface area contributed by atoms with Crippen LogP contribution in [0, 0.1) is 6.92 Å². The summed E-state index contributed by atoms with van der Waals surface area (Å²) in [4.78, 5) is 41.5. The highest BCUT2D eigenvalue weighted by Gasteiger charge is 2.49. The molecular formula is C32H38N4O4S. The Hall–Kier alpha value is -3.82. The first-order valence-electron chi connectivity index (χ1n) is 13.7. The highest BCUT2D eigenvalue weighted by Crippen LogP contribution is 2.40. The number of carbonyl (C=O) groups is 3. The Morgan fingerprint density at radius 3 is 2.17 bits per heavy atom. The Balaban J connectivity index is 1.48. The Labute approximate surface area is 245 Å². The Morgan fingerprint density at radius 1 is 0.902 bits per heavy atom. The molecule has 3 aromatic carbocycles. The fourth-order valence-electron chi connectivity index (χ4n) is 4.95. The second-order valence-corrected chi connectivity index (χ2v) is 12.4. The van der Waals surface area contributed by atoms with Crippen LogP contribution < -0.4 is 16.0 Å². The van der Waals surface area contributed by atoms with E-state index in [0.717, 1.165) is 22.3 Å². The first-order valence-corrected chi connectivity index (χ1v) is 14.7. The van der Waals surface area contributed by atoms with Gasteiger partial charge < -0.3 is 26.0 Å². The van der Waals surface area contributed by atoms with E-state index >= 15 is 0 Å². The molecule has 4 N–H and O–H groups in total. The van der Waals surface area contributed by atoms with Gasteiger partial charge in [-0.05, 0) is 49.4 Å². The van der Waals surface area contributed by atoms with E-state index in [1.807, 2.05) is 106 Å². The van der Waals surface area contributed by atoms with Gasteiger partial charge in [0.1, 0.15) is 6.04 Å². The quantitative estimate of drug-likeness (QED) is 0.295. The van der Waals surface area contributed by atoms with Gasteiger partial charge in [-0.15, -0.1) is 11.8 Å². The number of carbonyl (C=O) groups excluding carboxylic acids is 3. The van der Waals surface area contributed by atoms with Crippen molar-refractivity contribution in [3.8, 4) is 0 Å². The third-order valence-electron chi connectivity index (χ3n) is 7.34. The van der Waals surface area contributed by atoms with Crippen molar-refractivity contribution in [2.45, 2.75) is 63.2 Å². The van der Waals surface area contributed by atoms with Gasteiger partial charge in [0.2, 0.25) is 5.91 Å². The third-order valence-corrected chi connectivity index (χ3v) is 8.71. The van der Waals surface area contributed by atoms with Crippen molar-refractivity contribution in [3.05, 3.63) is 107 Å². The van der Waals surface area contributed by atoms with Crippen LogP contribution in [-0.2, 0) is 29.1 Å². The number of nitrogens with zero attached hydrogens (tertiary/aromatic N) is 1. The van der Waals surface area contributed by atoms with Crippen LogP contribution in [0.1, 0.15) is 36.1 Å². The number of urea groups is 1. The molecule has 216 valence electrons. The maximum atomic E-state index is 13.8. The standard InChI is InChI=1S/C32H38N4O4S/c1-22-12-10-11-17-25(22)20-33-29(38)28-32(2,3)41-21-36(28)30(39)27(37)26(18-23-13-6-4-7-14-23)35-31(40)34-19-24-15-8-5-9-16-24/h4-17,26-28,37H,18-21H2,1-3H3,(H,33,38)(H2,34,35,40)/t26-,27-,28?/m0/s1. The Morgan fingerprint density at radius 2 is 1.51 bits per heavy atom. The second-order valence-electron chi connectivity index (χ2n) is 10.8. The summed E-state index contributed by atoms with van der Waals surface area (Å²) in [6.07, 6.45) is -1.32. The minimum absolute atomic E-state index is 0.237. The van der Waals surface area contributed by atoms with Gasteiger partial charge in [-0.2, -0.15) is 0 Å². The summed E-state index contributed by atoms with van der Waals surface area (Å²) in [5.74, 6) is -0.621. The summed E-state index contributed by atoms with van der Waals surface area (Å²) >= 11 is 1.48. The lowest BCUT2D eigenvalue weighted by Crippen LogP contribution is -2.59. The number of aliphatic hydroxyl groups excluding tert-OH is 1. The smallest absolute Gasteiger partial charge is 0.315 e. The topological polar surface area (TPSA) is 111 Å². The fourth-order valence-corrected chi connectivity index (χ4v) is 6.09. The summed E-state index contributed by atoms with van der Waals surface area (Å²) in [5, 5.41) is 20.0. The molecule has 41 heavy (non-hydrogen) atoms. The van der Waals surface area contributed by atoms with Crippen molar-refractivity contribution in [1.29, 1.82) is 0 Å². The summed E-state index contributed by atoms with van der Waals surface area (Å²) < 4.78 is -0.569. The predicted molar refractivity (Wildman–Crippen MR) is 162 cm³/mol. The van der Waals surface area contributed by atoms with Crippen molar-refractivity contribution in [3.63, 3.8) is 0 Å². The normalized spacial score (nSPS) is 17.4. The first kappa shape index (κ1) is 30.1. The number of benzene rings is 3. The van der Waals surface area contributed by atoms with Crippen LogP contribution in [0.4, 0.5) is 4.79 Å². The minimum atomic E-state index is -1.56. The lowest BCUT2D eigenvalue weighted by atomic mass is 9.97. The molecule has 3 aromatic rings. The number of rotatable bonds is 10. The second kappa shape index (κ2) is 13.7. The molecule has 0 bridgehead atoms. The van der Waals surface area contributed by atoms with Crippen molar-refractivity contribution in [2.75, 3.05) is 5.88 Å². The molecule has 4 rings (SSSR count). The van der Waals surface area contributed by atoms with Crippen LogP contribution in [0.15, 0.2) is 84.9 Å². The summed E-state index contributed by atoms with van der Waals surface area (Å²) in [7, 11) is 0. The number of thioether (sulfide) groups is 1. The van der Waals surface area contributed by atoms with E-state index in [1.165, 1.54) is 16.7 Å². The van der Waals surface area contributed by atoms with E-state index in [4.69, 9.17) is 0 Å². The highest BCUT2D eigenvalue weighted by molar-refractivity contribution is 8.00. The molecule has 1 fully saturated rings. The number of aryl methyl sites for hydroxylation is 1. The monoisotopic (exact) mass is 574 g/mol. The molecule has 1 heterocycles. The molecule has 1 aliphatic rings.